The second-order valence-corrected chi connectivity index (χ2v) is 7.02. The molecule has 3 aromatic heterocycles. The van der Waals surface area contributed by atoms with E-state index in [-0.39, 0.29) is 5.56 Å². The summed E-state index contributed by atoms with van der Waals surface area (Å²) in [6.45, 7) is 4.49. The molecule has 1 N–H and O–H groups in total. The van der Waals surface area contributed by atoms with Gasteiger partial charge >= 0.3 is 0 Å². The number of thiophene rings is 2. The number of aryl methyl sites for hydroxylation is 1. The van der Waals surface area contributed by atoms with Gasteiger partial charge in [-0.3, -0.25) is 4.79 Å². The maximum absolute atomic E-state index is 12.2. The number of nitrogens with one attached hydrogen (secondary N) is 1. The maximum Gasteiger partial charge on any atom is 0.259 e. The smallest absolute Gasteiger partial charge is 0.259 e. The van der Waals surface area contributed by atoms with Crippen molar-refractivity contribution >= 4 is 32.8 Å². The quantitative estimate of drug-likeness (QED) is 0.734. The van der Waals surface area contributed by atoms with Gasteiger partial charge in [0.15, 0.2) is 0 Å². The Morgan fingerprint density at radius 2 is 2.15 bits per heavy atom. The summed E-state index contributed by atoms with van der Waals surface area (Å²) in [6, 6.07) is 8.21. The number of rotatable bonds is 5. The zero-order valence-electron chi connectivity index (χ0n) is 11.3. The third-order valence-electron chi connectivity index (χ3n) is 3.22. The minimum Gasteiger partial charge on any atom is -0.314 e. The molecule has 0 spiro atoms. The van der Waals surface area contributed by atoms with Crippen LogP contribution < -0.4 is 10.9 Å². The molecule has 0 radical (unpaired) electrons. The first-order valence-corrected chi connectivity index (χ1v) is 8.26. The average Bonchev–Trinajstić information content (AvgIpc) is 3.06. The molecule has 3 nitrogen and oxygen atoms in total. The zero-order valence-corrected chi connectivity index (χ0v) is 12.9. The fraction of sp³-hybridized carbons (Fsp3) is 0.267. The van der Waals surface area contributed by atoms with Crippen LogP contribution >= 0.6 is 22.7 Å². The number of hydrogen-bond acceptors (Lipinski definition) is 4. The fourth-order valence-electron chi connectivity index (χ4n) is 2.17. The highest BCUT2D eigenvalue weighted by Crippen LogP contribution is 2.16. The van der Waals surface area contributed by atoms with Gasteiger partial charge in [-0.05, 0) is 36.6 Å². The highest BCUT2D eigenvalue weighted by atomic mass is 32.1. The Balaban J connectivity index is 1.59. The standard InChI is InChI=1S/C15H16N2OS2/c1-11-2-3-12(20-11)10-16-6-8-17-7-4-14-13(15(17)18)5-9-19-14/h2-5,7,9,16H,6,8,10H2,1H3. The SMILES string of the molecule is Cc1ccc(CNCCn2ccc3sccc3c2=O)s1. The lowest BCUT2D eigenvalue weighted by molar-refractivity contribution is 0.590. The molecule has 0 saturated carbocycles. The molecule has 0 bridgehead atoms. The summed E-state index contributed by atoms with van der Waals surface area (Å²) >= 11 is 3.42. The number of fused-ring (bicyclic) bond motifs is 1. The normalized spacial score (nSPS) is 11.2. The van der Waals surface area contributed by atoms with Crippen molar-refractivity contribution in [3.63, 3.8) is 0 Å². The van der Waals surface area contributed by atoms with Crippen molar-refractivity contribution in [2.75, 3.05) is 6.54 Å². The molecule has 0 fully saturated rings. The van der Waals surface area contributed by atoms with Gasteiger partial charge in [-0.2, -0.15) is 0 Å². The largest absolute Gasteiger partial charge is 0.314 e. The highest BCUT2D eigenvalue weighted by Gasteiger charge is 2.03. The van der Waals surface area contributed by atoms with E-state index in [2.05, 4.69) is 24.4 Å². The second kappa shape index (κ2) is 5.91. The van der Waals surface area contributed by atoms with E-state index in [4.69, 9.17) is 0 Å². The van der Waals surface area contributed by atoms with Gasteiger partial charge in [0.2, 0.25) is 0 Å². The molecule has 0 saturated heterocycles. The van der Waals surface area contributed by atoms with E-state index in [0.717, 1.165) is 23.2 Å². The van der Waals surface area contributed by atoms with Crippen LogP contribution in [0.3, 0.4) is 0 Å². The number of aromatic nitrogens is 1. The van der Waals surface area contributed by atoms with Gasteiger partial charge in [0, 0.05) is 40.3 Å². The Bertz CT molecular complexity index is 769. The maximum atomic E-state index is 12.2. The molecule has 5 heteroatoms. The predicted octanol–water partition coefficient (Wildman–Crippen LogP) is 3.22. The number of nitrogens with zero attached hydrogens (tertiary/aromatic N) is 1. The first kappa shape index (κ1) is 13.5. The van der Waals surface area contributed by atoms with Crippen LogP contribution in [-0.4, -0.2) is 11.1 Å². The third kappa shape index (κ3) is 2.85. The van der Waals surface area contributed by atoms with Crippen LogP contribution in [0, 0.1) is 6.92 Å². The lowest BCUT2D eigenvalue weighted by Crippen LogP contribution is -2.26. The van der Waals surface area contributed by atoms with E-state index >= 15 is 0 Å². The summed E-state index contributed by atoms with van der Waals surface area (Å²) in [5.74, 6) is 0. The van der Waals surface area contributed by atoms with Crippen LogP contribution in [-0.2, 0) is 13.1 Å². The summed E-state index contributed by atoms with van der Waals surface area (Å²) in [6.07, 6.45) is 1.89. The molecule has 0 amide bonds. The van der Waals surface area contributed by atoms with Gasteiger partial charge in [-0.1, -0.05) is 0 Å². The van der Waals surface area contributed by atoms with Gasteiger partial charge in [-0.15, -0.1) is 22.7 Å². The number of pyridine rings is 1. The van der Waals surface area contributed by atoms with Crippen LogP contribution in [0.2, 0.25) is 0 Å². The van der Waals surface area contributed by atoms with E-state index in [1.807, 2.05) is 35.0 Å². The van der Waals surface area contributed by atoms with Crippen LogP contribution in [0.15, 0.2) is 40.6 Å². The summed E-state index contributed by atoms with van der Waals surface area (Å²) < 4.78 is 2.84. The van der Waals surface area contributed by atoms with E-state index in [0.29, 0.717) is 6.54 Å². The molecule has 0 atom stereocenters. The van der Waals surface area contributed by atoms with Crippen LogP contribution in [0.4, 0.5) is 0 Å². The number of hydrogen-bond donors (Lipinski definition) is 1. The first-order chi connectivity index (χ1) is 9.74. The highest BCUT2D eigenvalue weighted by molar-refractivity contribution is 7.17. The van der Waals surface area contributed by atoms with Crippen molar-refractivity contribution in [3.8, 4) is 0 Å². The zero-order chi connectivity index (χ0) is 13.9. The van der Waals surface area contributed by atoms with Crippen molar-refractivity contribution in [1.29, 1.82) is 0 Å². The third-order valence-corrected chi connectivity index (χ3v) is 5.10. The Morgan fingerprint density at radius 3 is 2.95 bits per heavy atom. The summed E-state index contributed by atoms with van der Waals surface area (Å²) in [4.78, 5) is 14.9. The minimum atomic E-state index is 0.109. The van der Waals surface area contributed by atoms with Crippen molar-refractivity contribution in [3.05, 3.63) is 56.0 Å². The van der Waals surface area contributed by atoms with Crippen LogP contribution in [0.25, 0.3) is 10.1 Å². The Morgan fingerprint density at radius 1 is 1.25 bits per heavy atom. The predicted molar refractivity (Wildman–Crippen MR) is 86.8 cm³/mol. The minimum absolute atomic E-state index is 0.109. The molecule has 3 aromatic rings. The summed E-state index contributed by atoms with van der Waals surface area (Å²) in [5, 5.41) is 6.18. The van der Waals surface area contributed by atoms with E-state index in [1.165, 1.54) is 9.75 Å². The molecule has 3 heterocycles. The van der Waals surface area contributed by atoms with Crippen LogP contribution in [0.1, 0.15) is 9.75 Å². The molecule has 20 heavy (non-hydrogen) atoms. The van der Waals surface area contributed by atoms with E-state index < -0.39 is 0 Å². The fourth-order valence-corrected chi connectivity index (χ4v) is 3.81. The summed E-state index contributed by atoms with van der Waals surface area (Å²) in [5.41, 5.74) is 0.109. The Kier molecular flexibility index (Phi) is 4.00. The average molecular weight is 304 g/mol. The molecule has 0 aromatic carbocycles. The monoisotopic (exact) mass is 304 g/mol. The molecular formula is C15H16N2OS2. The van der Waals surface area contributed by atoms with Gasteiger partial charge in [-0.25, -0.2) is 0 Å². The molecule has 0 aliphatic rings. The molecular weight excluding hydrogens is 288 g/mol. The van der Waals surface area contributed by atoms with Gasteiger partial charge in [0.1, 0.15) is 0 Å². The molecule has 0 aliphatic carbocycles. The molecule has 0 unspecified atom stereocenters. The van der Waals surface area contributed by atoms with Crippen LogP contribution in [0.5, 0.6) is 0 Å². The van der Waals surface area contributed by atoms with Crippen molar-refractivity contribution in [2.45, 2.75) is 20.0 Å². The Hall–Kier alpha value is -1.43. The van der Waals surface area contributed by atoms with E-state index in [1.54, 1.807) is 15.9 Å². The molecule has 0 aliphatic heterocycles. The van der Waals surface area contributed by atoms with Crippen molar-refractivity contribution < 1.29 is 0 Å². The second-order valence-electron chi connectivity index (χ2n) is 4.70. The van der Waals surface area contributed by atoms with Gasteiger partial charge < -0.3 is 9.88 Å². The first-order valence-electron chi connectivity index (χ1n) is 6.57. The lowest BCUT2D eigenvalue weighted by Gasteiger charge is -2.06. The van der Waals surface area contributed by atoms with E-state index in [9.17, 15) is 4.79 Å². The summed E-state index contributed by atoms with van der Waals surface area (Å²) in [7, 11) is 0. The molecule has 104 valence electrons. The molecule has 3 rings (SSSR count). The van der Waals surface area contributed by atoms with Crippen molar-refractivity contribution in [2.24, 2.45) is 0 Å². The van der Waals surface area contributed by atoms with Gasteiger partial charge in [0.05, 0.1) is 5.39 Å². The van der Waals surface area contributed by atoms with Crippen molar-refractivity contribution in [1.82, 2.24) is 9.88 Å². The topological polar surface area (TPSA) is 34.0 Å². The lowest BCUT2D eigenvalue weighted by atomic mass is 10.3. The van der Waals surface area contributed by atoms with Gasteiger partial charge in [0.25, 0.3) is 5.56 Å². The Labute approximate surface area is 125 Å².